The smallest absolute Gasteiger partial charge is 0.412 e. The summed E-state index contributed by atoms with van der Waals surface area (Å²) in [5, 5.41) is 12.1. The van der Waals surface area contributed by atoms with Crippen LogP contribution < -0.4 is 117 Å². The second-order valence-corrected chi connectivity index (χ2v) is 32.1. The second kappa shape index (κ2) is 46.2. The van der Waals surface area contributed by atoms with Crippen LogP contribution in [-0.4, -0.2) is 93.8 Å². The van der Waals surface area contributed by atoms with Crippen molar-refractivity contribution in [2.24, 2.45) is 0 Å². The van der Waals surface area contributed by atoms with E-state index in [0.29, 0.717) is 0 Å². The number of hydrogen-bond donors (Lipinski definition) is 0. The molecule has 92 heavy (non-hydrogen) atoms. The Kier molecular flexibility index (Phi) is 43.7. The summed E-state index contributed by atoms with van der Waals surface area (Å²) >= 11 is 9.53. The van der Waals surface area contributed by atoms with Gasteiger partial charge in [-0.2, -0.15) is 0 Å². The molecule has 0 saturated carbocycles. The van der Waals surface area contributed by atoms with Gasteiger partial charge in [-0.05, 0) is 97.1 Å². The first-order valence-electron chi connectivity index (χ1n) is 26.3. The van der Waals surface area contributed by atoms with Crippen LogP contribution in [0.5, 0.6) is 0 Å². The molecule has 2 N–H and O–H groups in total. The Bertz CT molecular complexity index is 2820. The number of rotatable bonds is 16. The molecule has 2 heterocycles. The first kappa shape index (κ1) is 87.0. The van der Waals surface area contributed by atoms with Gasteiger partial charge in [0.2, 0.25) is 12.7 Å². The van der Waals surface area contributed by atoms with E-state index in [2.05, 4.69) is 274 Å². The van der Waals surface area contributed by atoms with Crippen LogP contribution in [0.15, 0.2) is 243 Å². The zero-order valence-corrected chi connectivity index (χ0v) is 59.8. The number of alkyl halides is 2. The zero-order valence-electron chi connectivity index (χ0n) is 48.3. The summed E-state index contributed by atoms with van der Waals surface area (Å²) in [6, 6.07) is 88.7. The SMILES string of the molecule is C1=[N+](C[PH+](c2ccccc2)c2ccccc2)CCN1C[PH+](c1ccccc1)c1ccccc1.C1=[N+](C[PH+](c2ccccc2)c2ccccc2)CCN1C[PH+](c1ccccc1)c1ccccc1.ClCCl.O.[Ag+].[Ag+].[O-][Cl+3]([O-])([O-])[O-].[O-][Cl+3]([O-])([O-])[O-].[O-][Cl+3]([O-])([O-])[O-].[O-][Cl+3]([O-])([O-])[O-]. The van der Waals surface area contributed by atoms with Crippen molar-refractivity contribution in [1.82, 2.24) is 9.80 Å². The van der Waals surface area contributed by atoms with Crippen LogP contribution in [0.1, 0.15) is 0 Å². The Morgan fingerprint density at radius 2 is 0.435 bits per heavy atom. The Morgan fingerprint density at radius 1 is 0.293 bits per heavy atom. The van der Waals surface area contributed by atoms with Crippen LogP contribution in [0.4, 0.5) is 0 Å². The molecule has 0 aromatic heterocycles. The predicted molar refractivity (Wildman–Crippen MR) is 317 cm³/mol. The van der Waals surface area contributed by atoms with E-state index in [-0.39, 0.29) is 55.6 Å². The maximum atomic E-state index is 8.49. The molecule has 0 bridgehead atoms. The van der Waals surface area contributed by atoms with Gasteiger partial charge in [0, 0.05) is 0 Å². The Balaban J connectivity index is 0.000000672. The van der Waals surface area contributed by atoms with Crippen LogP contribution in [0.2, 0.25) is 0 Å². The molecule has 0 aliphatic carbocycles. The van der Waals surface area contributed by atoms with Crippen molar-refractivity contribution in [3.05, 3.63) is 243 Å². The molecule has 8 aromatic rings. The molecular weight excluding hydrogens is 1590 g/mol. The normalized spacial score (nSPS) is 12.5. The summed E-state index contributed by atoms with van der Waals surface area (Å²) in [6.07, 6.45) is 9.24. The van der Waals surface area contributed by atoms with Gasteiger partial charge in [-0.15, -0.1) is 64.2 Å². The van der Waals surface area contributed by atoms with Crippen LogP contribution in [0.3, 0.4) is 0 Å². The molecule has 0 amide bonds. The number of nitrogens with zero attached hydrogens (tertiary/aromatic N) is 4. The van der Waals surface area contributed by atoms with Gasteiger partial charge in [0.1, 0.15) is 100 Å². The first-order chi connectivity index (χ1) is 42.1. The third kappa shape index (κ3) is 39.9. The van der Waals surface area contributed by atoms with Crippen LogP contribution >= 0.6 is 54.9 Å². The molecule has 0 fully saturated rings. The molecular formula is C59H66Ag2Cl6N4O17P4+4. The van der Waals surface area contributed by atoms with E-state index in [1.54, 1.807) is 0 Å². The van der Waals surface area contributed by atoms with Crippen molar-refractivity contribution in [1.29, 1.82) is 0 Å². The quantitative estimate of drug-likeness (QED) is 0.0375. The average Bonchev–Trinajstić information content (AvgIpc) is 1.54. The van der Waals surface area contributed by atoms with Gasteiger partial charge >= 0.3 is 44.8 Å². The van der Waals surface area contributed by atoms with E-state index in [4.69, 9.17) is 97.7 Å². The number of hydrogen-bond acceptors (Lipinski definition) is 18. The van der Waals surface area contributed by atoms with E-state index in [9.17, 15) is 0 Å². The molecule has 2 aliphatic rings. The summed E-state index contributed by atoms with van der Waals surface area (Å²) < 4.78 is 141. The average molecular weight is 1660 g/mol. The van der Waals surface area contributed by atoms with Crippen LogP contribution in [0, 0.1) is 41.0 Å². The fourth-order valence-corrected chi connectivity index (χ4v) is 19.1. The van der Waals surface area contributed by atoms with Gasteiger partial charge < -0.3 is 5.48 Å². The molecule has 0 spiro atoms. The van der Waals surface area contributed by atoms with Crippen molar-refractivity contribution in [2.75, 3.05) is 56.7 Å². The third-order valence-corrected chi connectivity index (χ3v) is 23.6. The van der Waals surface area contributed by atoms with Gasteiger partial charge in [-0.1, -0.05) is 146 Å². The third-order valence-electron chi connectivity index (χ3n) is 12.4. The Morgan fingerprint density at radius 3 is 0.587 bits per heavy atom. The topological polar surface area (TPSA) is 413 Å². The minimum atomic E-state index is -4.94. The number of benzene rings is 8. The van der Waals surface area contributed by atoms with E-state index in [1.165, 1.54) is 42.4 Å². The summed E-state index contributed by atoms with van der Waals surface area (Å²) in [6.45, 7) is 4.41. The van der Waals surface area contributed by atoms with Crippen molar-refractivity contribution >= 4 is 110 Å². The fourth-order valence-electron chi connectivity index (χ4n) is 9.01. The first-order valence-corrected chi connectivity index (χ1v) is 39.1. The van der Waals surface area contributed by atoms with Crippen LogP contribution in [0.25, 0.3) is 0 Å². The second-order valence-electron chi connectivity index (χ2n) is 18.6. The van der Waals surface area contributed by atoms with Gasteiger partial charge in [0.05, 0.1) is 5.34 Å². The summed E-state index contributed by atoms with van der Waals surface area (Å²) in [4.78, 5) is 5.12. The van der Waals surface area contributed by atoms with E-state index in [0.717, 1.165) is 51.3 Å². The van der Waals surface area contributed by atoms with E-state index in [1.807, 2.05) is 0 Å². The minimum absolute atomic E-state index is 0. The van der Waals surface area contributed by atoms with Crippen molar-refractivity contribution in [3.63, 3.8) is 0 Å². The molecule has 0 atom stereocenters. The standard InChI is InChI=1S/2C29H29N2P2.CH2Cl2.2Ag.4ClHO4.H2O/c2*1-5-13-26(14-6-1)32(27-15-7-2-8-16-27)24-30-21-22-31(23-30)25-33(28-17-9-3-10-18-28)29-19-11-4-12-20-29;2-1-3;;;4*2-1(3,4)5;/h2*1-20,23H,21-22,24-25H2;1H2;;;4*(H,2,3,4,5);1H2/q2*+1;;2*+1;;;;;. The van der Waals surface area contributed by atoms with Crippen molar-refractivity contribution in [2.45, 2.75) is 0 Å². The van der Waals surface area contributed by atoms with E-state index >= 15 is 0 Å². The Hall–Kier alpha value is -3.04. The Labute approximate surface area is 589 Å². The summed E-state index contributed by atoms with van der Waals surface area (Å²) in [5.41, 5.74) is 0. The van der Waals surface area contributed by atoms with Gasteiger partial charge in [-0.25, -0.2) is 93.5 Å². The zero-order chi connectivity index (χ0) is 65.3. The van der Waals surface area contributed by atoms with Crippen molar-refractivity contribution in [3.8, 4) is 0 Å². The number of halogens is 6. The summed E-state index contributed by atoms with van der Waals surface area (Å²) in [5.74, 6) is 0. The van der Waals surface area contributed by atoms with Gasteiger partial charge in [-0.3, -0.25) is 0 Å². The molecule has 33 heteroatoms. The minimum Gasteiger partial charge on any atom is -0.412 e. The predicted octanol–water partition coefficient (Wildman–Crippen LogP) is -10.5. The van der Waals surface area contributed by atoms with E-state index < -0.39 is 72.7 Å². The molecule has 0 unspecified atom stereocenters. The molecule has 10 rings (SSSR count). The van der Waals surface area contributed by atoms with Crippen LogP contribution in [-0.2, 0) is 44.8 Å². The monoisotopic (exact) mass is 1650 g/mol. The molecule has 0 saturated heterocycles. The molecule has 504 valence electrons. The molecule has 21 nitrogen and oxygen atoms in total. The fraction of sp³-hybridized carbons (Fsp3) is 0.153. The maximum Gasteiger partial charge on any atom is 1.00 e. The largest absolute Gasteiger partial charge is 1.00 e. The summed E-state index contributed by atoms with van der Waals surface area (Å²) in [7, 11) is -23.2. The molecule has 2 aliphatic heterocycles. The maximum absolute atomic E-state index is 8.49. The molecule has 8 aromatic carbocycles. The van der Waals surface area contributed by atoms with Crippen molar-refractivity contribution < 1.29 is 175 Å². The van der Waals surface area contributed by atoms with Gasteiger partial charge in [0.25, 0.3) is 0 Å². The molecule has 0 radical (unpaired) electrons. The van der Waals surface area contributed by atoms with Gasteiger partial charge in [0.15, 0.2) is 25.1 Å².